The number of nitrogens with two attached hydrogens (primary N) is 2. The predicted octanol–water partition coefficient (Wildman–Crippen LogP) is -2.14. The molecule has 0 heterocycles. The molecule has 1 aromatic carbocycles. The summed E-state index contributed by atoms with van der Waals surface area (Å²) in [5, 5.41) is 2.51. The quantitative estimate of drug-likeness (QED) is 0.397. The minimum Gasteiger partial charge on any atom is -1.00 e. The fourth-order valence-corrected chi connectivity index (χ4v) is 2.14. The van der Waals surface area contributed by atoms with Gasteiger partial charge in [0.1, 0.15) is 12.6 Å². The Hall–Kier alpha value is -2.12. The van der Waals surface area contributed by atoms with Crippen LogP contribution in [0.15, 0.2) is 30.3 Å². The van der Waals surface area contributed by atoms with Gasteiger partial charge in [-0.3, -0.25) is 14.4 Å². The second kappa shape index (κ2) is 12.3. The van der Waals surface area contributed by atoms with Crippen LogP contribution in [0.1, 0.15) is 38.7 Å². The van der Waals surface area contributed by atoms with E-state index < -0.39 is 29.9 Å². The van der Waals surface area contributed by atoms with Crippen molar-refractivity contribution in [3.8, 4) is 0 Å². The van der Waals surface area contributed by atoms with Gasteiger partial charge in [-0.15, -0.1) is 0 Å². The molecule has 0 aliphatic carbocycles. The van der Waals surface area contributed by atoms with Gasteiger partial charge < -0.3 is 33.9 Å². The number of benzene rings is 1. The van der Waals surface area contributed by atoms with Crippen LogP contribution >= 0.6 is 0 Å². The van der Waals surface area contributed by atoms with Crippen LogP contribution < -0.4 is 29.2 Å². The van der Waals surface area contributed by atoms with E-state index >= 15 is 0 Å². The van der Waals surface area contributed by atoms with Crippen molar-refractivity contribution in [2.45, 2.75) is 51.8 Å². The van der Waals surface area contributed by atoms with Crippen molar-refractivity contribution in [3.63, 3.8) is 0 Å². The molecule has 1 aromatic rings. The number of hydrogen-bond donors (Lipinski definition) is 3. The van der Waals surface area contributed by atoms with E-state index in [1.165, 1.54) is 0 Å². The van der Waals surface area contributed by atoms with E-state index in [0.717, 1.165) is 12.0 Å². The van der Waals surface area contributed by atoms with Gasteiger partial charge in [-0.05, 0) is 17.9 Å². The first-order valence-electron chi connectivity index (χ1n) is 8.40. The highest BCUT2D eigenvalue weighted by Crippen LogP contribution is 2.08. The van der Waals surface area contributed by atoms with Gasteiger partial charge in [-0.2, -0.15) is 0 Å². The Morgan fingerprint density at radius 1 is 1.19 bits per heavy atom. The van der Waals surface area contributed by atoms with E-state index in [4.69, 9.17) is 16.2 Å². The molecule has 0 fully saturated rings. The molecule has 8 heteroatoms. The van der Waals surface area contributed by atoms with Gasteiger partial charge in [0, 0.05) is 6.42 Å². The van der Waals surface area contributed by atoms with Crippen LogP contribution in [0.3, 0.4) is 0 Å². The summed E-state index contributed by atoms with van der Waals surface area (Å²) in [6.07, 6.45) is 0.781. The van der Waals surface area contributed by atoms with E-state index in [9.17, 15) is 14.4 Å². The summed E-state index contributed by atoms with van der Waals surface area (Å²) >= 11 is 0. The van der Waals surface area contributed by atoms with Crippen molar-refractivity contribution >= 4 is 17.8 Å². The summed E-state index contributed by atoms with van der Waals surface area (Å²) in [5.41, 5.74) is 12.0. The molecule has 0 spiro atoms. The smallest absolute Gasteiger partial charge is 0.306 e. The van der Waals surface area contributed by atoms with E-state index in [1.807, 2.05) is 44.2 Å². The SMILES string of the molecule is CCC(C)C(N)C(=O)NC(CCC(=O)OCc1ccccc1)C(N)=O.[Cl-]. The van der Waals surface area contributed by atoms with Gasteiger partial charge in [-0.25, -0.2) is 0 Å². The molecule has 7 nitrogen and oxygen atoms in total. The van der Waals surface area contributed by atoms with Gasteiger partial charge in [0.25, 0.3) is 0 Å². The van der Waals surface area contributed by atoms with Crippen molar-refractivity contribution < 1.29 is 31.5 Å². The Kier molecular flexibility index (Phi) is 11.3. The number of nitrogens with one attached hydrogen (secondary N) is 1. The third-order valence-electron chi connectivity index (χ3n) is 4.10. The minimum atomic E-state index is -0.952. The molecule has 1 rings (SSSR count). The number of ether oxygens (including phenoxy) is 1. The molecule has 146 valence electrons. The molecule has 2 amide bonds. The molecular weight excluding hydrogens is 358 g/mol. The average molecular weight is 385 g/mol. The molecular formula is C18H27ClN3O4-. The summed E-state index contributed by atoms with van der Waals surface area (Å²) in [4.78, 5) is 35.4. The average Bonchev–Trinajstić information content (AvgIpc) is 2.62. The fraction of sp³-hybridized carbons (Fsp3) is 0.500. The van der Waals surface area contributed by atoms with Crippen LogP contribution in [-0.2, 0) is 25.7 Å². The topological polar surface area (TPSA) is 125 Å². The number of primary amides is 1. The first-order valence-corrected chi connectivity index (χ1v) is 8.40. The Bertz CT molecular complexity index is 583. The van der Waals surface area contributed by atoms with Crippen molar-refractivity contribution in [2.24, 2.45) is 17.4 Å². The number of halogens is 1. The second-order valence-corrected chi connectivity index (χ2v) is 6.06. The Morgan fingerprint density at radius 3 is 2.35 bits per heavy atom. The first-order chi connectivity index (χ1) is 11.8. The number of esters is 1. The molecule has 26 heavy (non-hydrogen) atoms. The summed E-state index contributed by atoms with van der Waals surface area (Å²) in [6.45, 7) is 3.93. The molecule has 0 saturated carbocycles. The highest BCUT2D eigenvalue weighted by atomic mass is 35.5. The molecule has 5 N–H and O–H groups in total. The molecule has 0 saturated heterocycles. The van der Waals surface area contributed by atoms with Gasteiger partial charge in [0.05, 0.1) is 6.04 Å². The lowest BCUT2D eigenvalue weighted by Crippen LogP contribution is -3.00. The zero-order chi connectivity index (χ0) is 18.8. The van der Waals surface area contributed by atoms with Crippen LogP contribution in [0.4, 0.5) is 0 Å². The van der Waals surface area contributed by atoms with E-state index in [0.29, 0.717) is 0 Å². The zero-order valence-electron chi connectivity index (χ0n) is 15.1. The summed E-state index contributed by atoms with van der Waals surface area (Å²) in [7, 11) is 0. The summed E-state index contributed by atoms with van der Waals surface area (Å²) in [5.74, 6) is -1.64. The van der Waals surface area contributed by atoms with Crippen molar-refractivity contribution in [1.29, 1.82) is 0 Å². The Morgan fingerprint density at radius 2 is 1.81 bits per heavy atom. The minimum absolute atomic E-state index is 0. The lowest BCUT2D eigenvalue weighted by molar-refractivity contribution is -0.145. The molecule has 0 aliphatic rings. The van der Waals surface area contributed by atoms with Crippen molar-refractivity contribution in [2.75, 3.05) is 0 Å². The molecule has 0 aromatic heterocycles. The van der Waals surface area contributed by atoms with Crippen LogP contribution in [0.25, 0.3) is 0 Å². The highest BCUT2D eigenvalue weighted by molar-refractivity contribution is 5.89. The van der Waals surface area contributed by atoms with E-state index in [2.05, 4.69) is 5.32 Å². The Balaban J connectivity index is 0.00000625. The van der Waals surface area contributed by atoms with Crippen LogP contribution in [0.2, 0.25) is 0 Å². The molecule has 3 unspecified atom stereocenters. The molecule has 0 aliphatic heterocycles. The summed E-state index contributed by atoms with van der Waals surface area (Å²) < 4.78 is 5.14. The number of carbonyl (C=O) groups excluding carboxylic acids is 3. The second-order valence-electron chi connectivity index (χ2n) is 6.06. The summed E-state index contributed by atoms with van der Waals surface area (Å²) in [6, 6.07) is 7.58. The third kappa shape index (κ3) is 8.31. The zero-order valence-corrected chi connectivity index (χ0v) is 15.9. The first kappa shape index (κ1) is 23.9. The largest absolute Gasteiger partial charge is 1.00 e. The lowest BCUT2D eigenvalue weighted by Gasteiger charge is -2.21. The van der Waals surface area contributed by atoms with E-state index in [-0.39, 0.29) is 37.8 Å². The van der Waals surface area contributed by atoms with Crippen molar-refractivity contribution in [3.05, 3.63) is 35.9 Å². The monoisotopic (exact) mass is 384 g/mol. The number of rotatable bonds is 10. The lowest BCUT2D eigenvalue weighted by atomic mass is 9.99. The maximum Gasteiger partial charge on any atom is 0.306 e. The number of amides is 2. The van der Waals surface area contributed by atoms with Crippen LogP contribution in [0.5, 0.6) is 0 Å². The van der Waals surface area contributed by atoms with Gasteiger partial charge in [0.15, 0.2) is 0 Å². The maximum absolute atomic E-state index is 12.1. The predicted molar refractivity (Wildman–Crippen MR) is 94.0 cm³/mol. The molecule has 0 bridgehead atoms. The van der Waals surface area contributed by atoms with Gasteiger partial charge >= 0.3 is 5.97 Å². The van der Waals surface area contributed by atoms with Crippen LogP contribution in [-0.4, -0.2) is 29.9 Å². The normalized spacial score (nSPS) is 13.7. The van der Waals surface area contributed by atoms with Gasteiger partial charge in [-0.1, -0.05) is 50.6 Å². The van der Waals surface area contributed by atoms with E-state index in [1.54, 1.807) is 0 Å². The van der Waals surface area contributed by atoms with Crippen LogP contribution in [0, 0.1) is 5.92 Å². The third-order valence-corrected chi connectivity index (χ3v) is 4.10. The molecule has 3 atom stereocenters. The van der Waals surface area contributed by atoms with Crippen molar-refractivity contribution in [1.82, 2.24) is 5.32 Å². The standard InChI is InChI=1S/C18H27N3O4.ClH/c1-3-12(2)16(19)18(24)21-14(17(20)23)9-10-15(22)25-11-13-7-5-4-6-8-13;/h4-8,12,14,16H,3,9-11,19H2,1-2H3,(H2,20,23)(H,21,24);1H/p-1. The molecule has 0 radical (unpaired) electrons. The highest BCUT2D eigenvalue weighted by Gasteiger charge is 2.25. The fourth-order valence-electron chi connectivity index (χ4n) is 2.14. The number of hydrogen-bond acceptors (Lipinski definition) is 5. The number of carbonyl (C=O) groups is 3. The van der Waals surface area contributed by atoms with Gasteiger partial charge in [0.2, 0.25) is 11.8 Å². The Labute approximate surface area is 160 Å². The maximum atomic E-state index is 12.1.